The topological polar surface area (TPSA) is 132 Å². The minimum Gasteiger partial charge on any atom is -0.492 e. The first-order valence-corrected chi connectivity index (χ1v) is 12.0. The zero-order valence-electron chi connectivity index (χ0n) is 18.9. The van der Waals surface area contributed by atoms with E-state index >= 15 is 0 Å². The summed E-state index contributed by atoms with van der Waals surface area (Å²) in [5, 5.41) is 5.74. The number of hydrogen-bond donors (Lipinski definition) is 5. The number of carbonyl (C=O) groups excluding carboxylic acids is 2. The molecule has 0 saturated carbocycles. The standard InChI is InChI=1S/C23H39N5O3S/c24-18-26-13-5-2-4-8-22(29)27-14-6-1-3-7-21(25)23(30)28-15-16-31-20-11-9-19(17-32)10-12-20/h9-12,18,21,32H,1-8,13-17,25H2,(H2,24,26)(H,27,29)(H,28,30)/t21-/m1/s1. The molecule has 0 saturated heterocycles. The second-order valence-electron chi connectivity index (χ2n) is 7.61. The number of nitrogens with zero attached hydrogens (tertiary/aromatic N) is 1. The van der Waals surface area contributed by atoms with E-state index in [1.54, 1.807) is 0 Å². The van der Waals surface area contributed by atoms with Crippen molar-refractivity contribution < 1.29 is 14.3 Å². The summed E-state index contributed by atoms with van der Waals surface area (Å²) < 4.78 is 5.60. The number of ether oxygens (including phenoxy) is 1. The van der Waals surface area contributed by atoms with Gasteiger partial charge >= 0.3 is 0 Å². The quantitative estimate of drug-likeness (QED) is 0.0981. The lowest BCUT2D eigenvalue weighted by atomic mass is 10.1. The molecule has 1 atom stereocenters. The van der Waals surface area contributed by atoms with Crippen LogP contribution in [0.5, 0.6) is 5.75 Å². The van der Waals surface area contributed by atoms with E-state index < -0.39 is 6.04 Å². The van der Waals surface area contributed by atoms with Gasteiger partial charge in [-0.05, 0) is 43.4 Å². The molecule has 9 heteroatoms. The molecule has 0 spiro atoms. The summed E-state index contributed by atoms with van der Waals surface area (Å²) in [6, 6.07) is 7.18. The van der Waals surface area contributed by atoms with E-state index in [4.69, 9.17) is 16.2 Å². The third-order valence-corrected chi connectivity index (χ3v) is 5.29. The van der Waals surface area contributed by atoms with E-state index in [9.17, 15) is 9.59 Å². The lowest BCUT2D eigenvalue weighted by Gasteiger charge is -2.13. The zero-order chi connectivity index (χ0) is 23.4. The van der Waals surface area contributed by atoms with Crippen molar-refractivity contribution >= 4 is 30.8 Å². The highest BCUT2D eigenvalue weighted by Gasteiger charge is 2.12. The Morgan fingerprint density at radius 3 is 2.50 bits per heavy atom. The molecule has 2 amide bonds. The van der Waals surface area contributed by atoms with Crippen molar-refractivity contribution in [3.05, 3.63) is 29.8 Å². The van der Waals surface area contributed by atoms with Crippen LogP contribution in [0.4, 0.5) is 0 Å². The predicted molar refractivity (Wildman–Crippen MR) is 133 cm³/mol. The SMILES string of the molecule is NC=NCCCCCC(=O)NCCCCC[C@@H](N)C(=O)NCCOc1ccc(CS)cc1. The Labute approximate surface area is 197 Å². The van der Waals surface area contributed by atoms with Crippen LogP contribution in [0, 0.1) is 0 Å². The molecule has 180 valence electrons. The van der Waals surface area contributed by atoms with Gasteiger partial charge < -0.3 is 26.8 Å². The number of nitrogens with two attached hydrogens (primary N) is 2. The van der Waals surface area contributed by atoms with Gasteiger partial charge in [0.2, 0.25) is 11.8 Å². The maximum Gasteiger partial charge on any atom is 0.237 e. The van der Waals surface area contributed by atoms with Gasteiger partial charge in [-0.2, -0.15) is 12.6 Å². The molecule has 0 fully saturated rings. The Kier molecular flexibility index (Phi) is 15.9. The van der Waals surface area contributed by atoms with Crippen LogP contribution in [-0.4, -0.2) is 50.4 Å². The molecule has 0 aromatic heterocycles. The molecule has 1 rings (SSSR count). The Morgan fingerprint density at radius 2 is 1.78 bits per heavy atom. The smallest absolute Gasteiger partial charge is 0.237 e. The summed E-state index contributed by atoms with van der Waals surface area (Å²) in [5.74, 6) is 1.38. The second kappa shape index (κ2) is 18.3. The molecule has 0 heterocycles. The summed E-state index contributed by atoms with van der Waals surface area (Å²) in [7, 11) is 0. The molecule has 1 aromatic rings. The minimum absolute atomic E-state index is 0.0864. The molecule has 0 aliphatic rings. The first-order valence-electron chi connectivity index (χ1n) is 11.4. The van der Waals surface area contributed by atoms with Crippen LogP contribution in [0.3, 0.4) is 0 Å². The van der Waals surface area contributed by atoms with Crippen LogP contribution in [0.1, 0.15) is 56.9 Å². The highest BCUT2D eigenvalue weighted by atomic mass is 32.1. The van der Waals surface area contributed by atoms with Gasteiger partial charge in [0.15, 0.2) is 0 Å². The molecule has 0 bridgehead atoms. The molecule has 0 aliphatic heterocycles. The molecule has 0 radical (unpaired) electrons. The summed E-state index contributed by atoms with van der Waals surface area (Å²) in [6.45, 7) is 2.18. The predicted octanol–water partition coefficient (Wildman–Crippen LogP) is 2.16. The lowest BCUT2D eigenvalue weighted by Crippen LogP contribution is -2.42. The lowest BCUT2D eigenvalue weighted by molar-refractivity contribution is -0.122. The average molecular weight is 466 g/mol. The van der Waals surface area contributed by atoms with Crippen molar-refractivity contribution in [3.63, 3.8) is 0 Å². The largest absolute Gasteiger partial charge is 0.492 e. The van der Waals surface area contributed by atoms with Gasteiger partial charge in [-0.1, -0.05) is 31.4 Å². The summed E-state index contributed by atoms with van der Waals surface area (Å²) in [4.78, 5) is 27.8. The number of amides is 2. The van der Waals surface area contributed by atoms with Crippen LogP contribution in [0.15, 0.2) is 29.3 Å². The van der Waals surface area contributed by atoms with Crippen molar-refractivity contribution in [1.82, 2.24) is 10.6 Å². The molecule has 1 aromatic carbocycles. The van der Waals surface area contributed by atoms with Crippen LogP contribution < -0.4 is 26.8 Å². The molecule has 8 nitrogen and oxygen atoms in total. The number of rotatable bonds is 18. The molecule has 0 unspecified atom stereocenters. The maximum atomic E-state index is 12.1. The van der Waals surface area contributed by atoms with Crippen molar-refractivity contribution in [3.8, 4) is 5.75 Å². The van der Waals surface area contributed by atoms with Gasteiger partial charge in [0.25, 0.3) is 0 Å². The average Bonchev–Trinajstić information content (AvgIpc) is 2.81. The number of aliphatic imine (C=N–C) groups is 1. The molecule has 6 N–H and O–H groups in total. The van der Waals surface area contributed by atoms with E-state index in [0.717, 1.165) is 56.4 Å². The molecule has 32 heavy (non-hydrogen) atoms. The van der Waals surface area contributed by atoms with E-state index in [0.29, 0.717) is 38.3 Å². The number of unbranched alkanes of at least 4 members (excludes halogenated alkanes) is 4. The summed E-state index contributed by atoms with van der Waals surface area (Å²) in [5.41, 5.74) is 12.3. The Bertz CT molecular complexity index is 670. The van der Waals surface area contributed by atoms with Gasteiger partial charge in [0, 0.05) is 25.3 Å². The first-order chi connectivity index (χ1) is 15.6. The van der Waals surface area contributed by atoms with Crippen LogP contribution in [0.2, 0.25) is 0 Å². The molecule has 0 aliphatic carbocycles. The fourth-order valence-electron chi connectivity index (χ4n) is 3.02. The highest BCUT2D eigenvalue weighted by Crippen LogP contribution is 2.13. The third kappa shape index (κ3) is 13.9. The Morgan fingerprint density at radius 1 is 1.03 bits per heavy atom. The monoisotopic (exact) mass is 465 g/mol. The third-order valence-electron chi connectivity index (χ3n) is 4.92. The summed E-state index contributed by atoms with van der Waals surface area (Å²) >= 11 is 4.22. The van der Waals surface area contributed by atoms with Crippen LogP contribution in [0.25, 0.3) is 0 Å². The zero-order valence-corrected chi connectivity index (χ0v) is 19.8. The minimum atomic E-state index is -0.525. The van der Waals surface area contributed by atoms with Gasteiger partial charge in [0.1, 0.15) is 12.4 Å². The molecular formula is C23H39N5O3S. The number of benzene rings is 1. The van der Waals surface area contributed by atoms with E-state index in [1.165, 1.54) is 6.34 Å². The number of hydrogen-bond acceptors (Lipinski definition) is 6. The van der Waals surface area contributed by atoms with Crippen molar-refractivity contribution in [2.75, 3.05) is 26.2 Å². The van der Waals surface area contributed by atoms with Gasteiger partial charge in [-0.25, -0.2) is 0 Å². The highest BCUT2D eigenvalue weighted by molar-refractivity contribution is 7.79. The van der Waals surface area contributed by atoms with E-state index in [2.05, 4.69) is 28.3 Å². The van der Waals surface area contributed by atoms with E-state index in [1.807, 2.05) is 24.3 Å². The summed E-state index contributed by atoms with van der Waals surface area (Å²) in [6.07, 6.45) is 7.91. The number of carbonyl (C=O) groups is 2. The fraction of sp³-hybridized carbons (Fsp3) is 0.609. The van der Waals surface area contributed by atoms with Gasteiger partial charge in [-0.15, -0.1) is 0 Å². The van der Waals surface area contributed by atoms with Gasteiger partial charge in [0.05, 0.1) is 18.9 Å². The fourth-order valence-corrected chi connectivity index (χ4v) is 3.23. The maximum absolute atomic E-state index is 12.1. The molecular weight excluding hydrogens is 426 g/mol. The number of nitrogens with one attached hydrogen (secondary N) is 2. The Hall–Kier alpha value is -2.26. The van der Waals surface area contributed by atoms with Gasteiger partial charge in [-0.3, -0.25) is 14.6 Å². The Balaban J connectivity index is 1.97. The first kappa shape index (κ1) is 27.8. The van der Waals surface area contributed by atoms with Crippen molar-refractivity contribution in [2.45, 2.75) is 63.2 Å². The van der Waals surface area contributed by atoms with Crippen molar-refractivity contribution in [2.24, 2.45) is 16.5 Å². The van der Waals surface area contributed by atoms with Crippen LogP contribution in [-0.2, 0) is 15.3 Å². The van der Waals surface area contributed by atoms with E-state index in [-0.39, 0.29) is 11.8 Å². The van der Waals surface area contributed by atoms with Crippen LogP contribution >= 0.6 is 12.6 Å². The normalized spacial score (nSPS) is 11.9. The van der Waals surface area contributed by atoms with Crippen molar-refractivity contribution in [1.29, 1.82) is 0 Å². The number of thiol groups is 1. The second-order valence-corrected chi connectivity index (χ2v) is 7.93.